The molecule has 2 aliphatic heterocycles. The molecule has 0 bridgehead atoms. The Labute approximate surface area is 222 Å². The van der Waals surface area contributed by atoms with E-state index in [-0.39, 0.29) is 22.9 Å². The molecule has 0 saturated carbocycles. The summed E-state index contributed by atoms with van der Waals surface area (Å²) in [6.45, 7) is 1.01. The molecule has 2 aliphatic rings. The number of carbonyl (C=O) groups is 1. The molecule has 4 heterocycles. The molecule has 0 aliphatic carbocycles. The number of aldehydes is 1. The van der Waals surface area contributed by atoms with Crippen LogP contribution in [0.2, 0.25) is 0 Å². The van der Waals surface area contributed by atoms with E-state index < -0.39 is 34.9 Å². The van der Waals surface area contributed by atoms with Crippen molar-refractivity contribution in [1.82, 2.24) is 14.9 Å². The maximum Gasteiger partial charge on any atom is 0.419 e. The predicted molar refractivity (Wildman–Crippen MR) is 132 cm³/mol. The number of oxime groups is 1. The summed E-state index contributed by atoms with van der Waals surface area (Å²) in [5, 5.41) is 5.68. The van der Waals surface area contributed by atoms with Gasteiger partial charge >= 0.3 is 6.18 Å². The lowest BCUT2D eigenvalue weighted by Crippen LogP contribution is -2.40. The Morgan fingerprint density at radius 3 is 2.55 bits per heavy atom. The number of benzene rings is 1. The van der Waals surface area contributed by atoms with Crippen molar-refractivity contribution in [2.45, 2.75) is 47.9 Å². The first-order valence-corrected chi connectivity index (χ1v) is 13.5. The molecule has 1 fully saturated rings. The van der Waals surface area contributed by atoms with Crippen LogP contribution in [0.3, 0.4) is 0 Å². The van der Waals surface area contributed by atoms with Crippen LogP contribution >= 0.6 is 23.1 Å². The number of aromatic nitrogens is 2. The van der Waals surface area contributed by atoms with Crippen LogP contribution in [0.4, 0.5) is 22.0 Å². The number of thioether (sulfide) groups is 1. The van der Waals surface area contributed by atoms with Crippen molar-refractivity contribution in [3.8, 4) is 0 Å². The Kier molecular flexibility index (Phi) is 7.78. The third-order valence-corrected chi connectivity index (χ3v) is 8.68. The van der Waals surface area contributed by atoms with Crippen LogP contribution in [0.15, 0.2) is 52.1 Å². The van der Waals surface area contributed by atoms with Crippen molar-refractivity contribution in [3.63, 3.8) is 0 Å². The molecular formula is C25H21F5N4O2S2. The van der Waals surface area contributed by atoms with Gasteiger partial charge in [-0.1, -0.05) is 23.0 Å². The highest BCUT2D eigenvalue weighted by atomic mass is 32.2. The van der Waals surface area contributed by atoms with Gasteiger partial charge in [0.25, 0.3) is 0 Å². The van der Waals surface area contributed by atoms with Gasteiger partial charge in [0, 0.05) is 37.0 Å². The van der Waals surface area contributed by atoms with Crippen LogP contribution in [0, 0.1) is 11.6 Å². The average Bonchev–Trinajstić information content (AvgIpc) is 3.57. The molecule has 6 nitrogen and oxygen atoms in total. The number of likely N-dealkylation sites (tertiary alicyclic amines) is 1. The summed E-state index contributed by atoms with van der Waals surface area (Å²) in [4.78, 5) is 27.5. The Bertz CT molecular complexity index is 1320. The molecule has 2 aromatic heterocycles. The van der Waals surface area contributed by atoms with Gasteiger partial charge in [0.05, 0.1) is 21.8 Å². The van der Waals surface area contributed by atoms with Gasteiger partial charge in [-0.2, -0.15) is 13.2 Å². The number of hydrogen-bond donors (Lipinski definition) is 0. The Balaban J connectivity index is 1.20. The Morgan fingerprint density at radius 2 is 1.87 bits per heavy atom. The summed E-state index contributed by atoms with van der Waals surface area (Å²) in [6, 6.07) is 5.81. The molecule has 13 heteroatoms. The predicted octanol–water partition coefficient (Wildman–Crippen LogP) is 6.20. The second kappa shape index (κ2) is 11.1. The number of carbonyl (C=O) groups excluding carboxylic acids is 1. The van der Waals surface area contributed by atoms with Gasteiger partial charge in [-0.05, 0) is 37.1 Å². The van der Waals surface area contributed by atoms with Crippen molar-refractivity contribution >= 4 is 35.1 Å². The van der Waals surface area contributed by atoms with Gasteiger partial charge in [-0.15, -0.1) is 11.3 Å². The minimum atomic E-state index is -4.56. The van der Waals surface area contributed by atoms with Gasteiger partial charge in [-0.25, -0.2) is 18.7 Å². The first-order valence-electron chi connectivity index (χ1n) is 11.7. The summed E-state index contributed by atoms with van der Waals surface area (Å²) < 4.78 is 68.2. The number of piperidine rings is 1. The largest absolute Gasteiger partial charge is 0.419 e. The van der Waals surface area contributed by atoms with E-state index in [1.54, 1.807) is 0 Å². The molecule has 1 unspecified atom stereocenters. The third-order valence-electron chi connectivity index (χ3n) is 6.47. The summed E-state index contributed by atoms with van der Waals surface area (Å²) in [7, 11) is 0. The fourth-order valence-electron chi connectivity index (χ4n) is 4.51. The van der Waals surface area contributed by atoms with Crippen molar-refractivity contribution in [1.29, 1.82) is 0 Å². The number of rotatable bonds is 7. The number of thiazole rings is 1. The number of alkyl halides is 3. The smallest absolute Gasteiger partial charge is 0.387 e. The average molecular weight is 569 g/mol. The van der Waals surface area contributed by atoms with E-state index in [2.05, 4.69) is 15.1 Å². The van der Waals surface area contributed by atoms with Crippen LogP contribution in [-0.4, -0.2) is 45.3 Å². The van der Waals surface area contributed by atoms with E-state index in [4.69, 9.17) is 4.84 Å². The standard InChI is InChI=1S/C25H21F5N4O2S2/c26-16-4-1-5-17(27)22(16)20-11-18(33-36-20)19-13-37-23(32-19)14-6-9-34(10-7-14)21(12-35)38-24-15(25(28,29)30)3-2-8-31-24/h1-5,8,12-14,20-21H,6-7,9-11H2/t20-,21?/m1/s1. The minimum Gasteiger partial charge on any atom is -0.387 e. The zero-order valence-electron chi connectivity index (χ0n) is 19.7. The van der Waals surface area contributed by atoms with Crippen molar-refractivity contribution in [2.24, 2.45) is 5.16 Å². The Hall–Kier alpha value is -2.90. The maximum absolute atomic E-state index is 14.1. The highest BCUT2D eigenvalue weighted by Crippen LogP contribution is 2.39. The lowest BCUT2D eigenvalue weighted by atomic mass is 9.97. The number of nitrogens with zero attached hydrogens (tertiary/aromatic N) is 4. The molecule has 2 atom stereocenters. The van der Waals surface area contributed by atoms with Gasteiger partial charge < -0.3 is 9.63 Å². The van der Waals surface area contributed by atoms with E-state index in [0.29, 0.717) is 43.6 Å². The van der Waals surface area contributed by atoms with Gasteiger partial charge in [0.2, 0.25) is 0 Å². The summed E-state index contributed by atoms with van der Waals surface area (Å²) in [5.74, 6) is -1.28. The fraction of sp³-hybridized carbons (Fsp3) is 0.360. The molecule has 3 aromatic rings. The van der Waals surface area contributed by atoms with Crippen LogP contribution < -0.4 is 0 Å². The topological polar surface area (TPSA) is 67.7 Å². The lowest BCUT2D eigenvalue weighted by Gasteiger charge is -2.34. The van der Waals surface area contributed by atoms with Gasteiger partial charge in [0.1, 0.15) is 34.0 Å². The van der Waals surface area contributed by atoms with Crippen LogP contribution in [0.5, 0.6) is 0 Å². The highest BCUT2D eigenvalue weighted by molar-refractivity contribution is 8.00. The summed E-state index contributed by atoms with van der Waals surface area (Å²) in [6.07, 6.45) is -1.98. The second-order valence-electron chi connectivity index (χ2n) is 8.85. The third kappa shape index (κ3) is 5.59. The van der Waals surface area contributed by atoms with Gasteiger partial charge in [0.15, 0.2) is 6.10 Å². The van der Waals surface area contributed by atoms with Crippen LogP contribution in [0.25, 0.3) is 0 Å². The second-order valence-corrected chi connectivity index (χ2v) is 10.8. The van der Waals surface area contributed by atoms with Crippen LogP contribution in [0.1, 0.15) is 53.1 Å². The SMILES string of the molecule is O=CC(Sc1ncccc1C(F)(F)F)N1CCC(c2nc(C3=NO[C@@H](c4c(F)cccc4F)C3)cs2)CC1. The normalized spacial score (nSPS) is 19.7. The minimum absolute atomic E-state index is 0.102. The van der Waals surface area contributed by atoms with Crippen LogP contribution in [-0.2, 0) is 15.8 Å². The molecular weight excluding hydrogens is 547 g/mol. The number of hydrogen-bond acceptors (Lipinski definition) is 8. The quantitative estimate of drug-likeness (QED) is 0.192. The fourth-order valence-corrected chi connectivity index (χ4v) is 6.59. The molecule has 38 heavy (non-hydrogen) atoms. The highest BCUT2D eigenvalue weighted by Gasteiger charge is 2.36. The van der Waals surface area contributed by atoms with E-state index in [1.807, 2.05) is 10.3 Å². The number of halogens is 5. The van der Waals surface area contributed by atoms with E-state index in [9.17, 15) is 26.7 Å². The van der Waals surface area contributed by atoms with Crippen molar-refractivity contribution < 1.29 is 31.6 Å². The van der Waals surface area contributed by atoms with E-state index in [1.165, 1.54) is 41.8 Å². The lowest BCUT2D eigenvalue weighted by molar-refractivity contribution is -0.140. The molecule has 1 aromatic carbocycles. The van der Waals surface area contributed by atoms with E-state index in [0.717, 1.165) is 22.8 Å². The monoisotopic (exact) mass is 568 g/mol. The molecule has 1 saturated heterocycles. The molecule has 200 valence electrons. The van der Waals surface area contributed by atoms with E-state index >= 15 is 0 Å². The van der Waals surface area contributed by atoms with Gasteiger partial charge in [-0.3, -0.25) is 4.90 Å². The molecule has 0 amide bonds. The zero-order valence-corrected chi connectivity index (χ0v) is 21.3. The summed E-state index contributed by atoms with van der Waals surface area (Å²) in [5.41, 5.74) is 0.0687. The maximum atomic E-state index is 14.1. The Morgan fingerprint density at radius 1 is 1.13 bits per heavy atom. The van der Waals surface area contributed by atoms with Crippen molar-refractivity contribution in [3.05, 3.63) is 75.4 Å². The zero-order chi connectivity index (χ0) is 26.9. The molecule has 0 spiro atoms. The first kappa shape index (κ1) is 26.7. The first-order chi connectivity index (χ1) is 18.2. The molecule has 0 N–H and O–H groups in total. The molecule has 0 radical (unpaired) electrons. The molecule has 5 rings (SSSR count). The number of pyridine rings is 1. The summed E-state index contributed by atoms with van der Waals surface area (Å²) >= 11 is 2.24. The van der Waals surface area contributed by atoms with Crippen molar-refractivity contribution in [2.75, 3.05) is 13.1 Å².